The molecule has 0 unspecified atom stereocenters. The van der Waals surface area contributed by atoms with Crippen LogP contribution < -0.4 is 0 Å². The molecule has 3 rings (SSSR count). The van der Waals surface area contributed by atoms with Crippen molar-refractivity contribution >= 4 is 11.8 Å². The molecule has 1 fully saturated rings. The molecule has 1 aliphatic heterocycles. The van der Waals surface area contributed by atoms with Crippen molar-refractivity contribution in [2.45, 2.75) is 33.1 Å². The Morgan fingerprint density at radius 1 is 1.11 bits per heavy atom. The molecule has 1 aliphatic rings. The molecule has 2 amide bonds. The number of carbonyl (C=O) groups excluding carboxylic acids is 2. The summed E-state index contributed by atoms with van der Waals surface area (Å²) in [6, 6.07) is 6.00. The summed E-state index contributed by atoms with van der Waals surface area (Å²) in [5.74, 6) is -0.0368. The molecule has 0 radical (unpaired) electrons. The Labute approximate surface area is 157 Å². The van der Waals surface area contributed by atoms with Crippen molar-refractivity contribution in [3.05, 3.63) is 52.7 Å². The van der Waals surface area contributed by atoms with Crippen LogP contribution in [0.5, 0.6) is 0 Å². The van der Waals surface area contributed by atoms with Gasteiger partial charge in [-0.15, -0.1) is 0 Å². The minimum Gasteiger partial charge on any atom is -0.361 e. The third-order valence-corrected chi connectivity index (χ3v) is 5.01. The zero-order valence-corrected chi connectivity index (χ0v) is 15.7. The van der Waals surface area contributed by atoms with Gasteiger partial charge in [0, 0.05) is 38.2 Å². The minimum absolute atomic E-state index is 0.0511. The van der Waals surface area contributed by atoms with Gasteiger partial charge in [0.05, 0.1) is 11.3 Å². The smallest absolute Gasteiger partial charge is 0.256 e. The van der Waals surface area contributed by atoms with E-state index in [2.05, 4.69) is 5.16 Å². The van der Waals surface area contributed by atoms with E-state index in [9.17, 15) is 14.0 Å². The van der Waals surface area contributed by atoms with Gasteiger partial charge in [0.1, 0.15) is 11.6 Å². The molecule has 1 saturated heterocycles. The second-order valence-electron chi connectivity index (χ2n) is 6.81. The van der Waals surface area contributed by atoms with E-state index in [1.54, 1.807) is 21.9 Å². The molecule has 6 nitrogen and oxygen atoms in total. The fourth-order valence-electron chi connectivity index (χ4n) is 3.42. The Morgan fingerprint density at radius 3 is 2.52 bits per heavy atom. The molecule has 0 bridgehead atoms. The van der Waals surface area contributed by atoms with Crippen LogP contribution in [0.25, 0.3) is 0 Å². The van der Waals surface area contributed by atoms with E-state index in [4.69, 9.17) is 4.52 Å². The zero-order valence-electron chi connectivity index (χ0n) is 15.7. The maximum atomic E-state index is 13.9. The standard InChI is InChI=1S/C20H24FN3O3/c1-14-16(15(2)27-22-14)8-9-19(25)23-10-5-11-24(13-12-23)20(26)17-6-3-4-7-18(17)21/h3-4,6-7H,5,8-13H2,1-2H3. The number of carbonyl (C=O) groups is 2. The van der Waals surface area contributed by atoms with Gasteiger partial charge in [-0.3, -0.25) is 9.59 Å². The number of hydrogen-bond donors (Lipinski definition) is 0. The van der Waals surface area contributed by atoms with Crippen LogP contribution >= 0.6 is 0 Å². The van der Waals surface area contributed by atoms with Crippen molar-refractivity contribution in [2.24, 2.45) is 0 Å². The number of hydrogen-bond acceptors (Lipinski definition) is 4. The topological polar surface area (TPSA) is 66.7 Å². The summed E-state index contributed by atoms with van der Waals surface area (Å²) in [7, 11) is 0. The molecule has 0 N–H and O–H groups in total. The fourth-order valence-corrected chi connectivity index (χ4v) is 3.42. The summed E-state index contributed by atoms with van der Waals surface area (Å²) in [5, 5.41) is 3.91. The lowest BCUT2D eigenvalue weighted by molar-refractivity contribution is -0.131. The highest BCUT2D eigenvalue weighted by atomic mass is 19.1. The zero-order chi connectivity index (χ0) is 19.4. The van der Waals surface area contributed by atoms with E-state index in [1.165, 1.54) is 12.1 Å². The number of nitrogens with zero attached hydrogens (tertiary/aromatic N) is 3. The summed E-state index contributed by atoms with van der Waals surface area (Å²) in [4.78, 5) is 28.6. The van der Waals surface area contributed by atoms with Gasteiger partial charge in [-0.1, -0.05) is 17.3 Å². The normalized spacial score (nSPS) is 14.9. The van der Waals surface area contributed by atoms with Gasteiger partial charge in [-0.2, -0.15) is 0 Å². The van der Waals surface area contributed by atoms with Gasteiger partial charge in [-0.05, 0) is 38.8 Å². The highest BCUT2D eigenvalue weighted by molar-refractivity contribution is 5.94. The Hall–Kier alpha value is -2.70. The lowest BCUT2D eigenvalue weighted by atomic mass is 10.1. The third-order valence-electron chi connectivity index (χ3n) is 5.01. The number of halogens is 1. The van der Waals surface area contributed by atoms with Gasteiger partial charge in [0.15, 0.2) is 0 Å². The molecule has 1 aromatic heterocycles. The van der Waals surface area contributed by atoms with E-state index in [0.29, 0.717) is 45.4 Å². The highest BCUT2D eigenvalue weighted by Crippen LogP contribution is 2.16. The van der Waals surface area contributed by atoms with Crippen molar-refractivity contribution in [2.75, 3.05) is 26.2 Å². The van der Waals surface area contributed by atoms with Crippen LogP contribution in [0.4, 0.5) is 4.39 Å². The van der Waals surface area contributed by atoms with E-state index in [1.807, 2.05) is 13.8 Å². The van der Waals surface area contributed by atoms with Crippen LogP contribution in [0.15, 0.2) is 28.8 Å². The van der Waals surface area contributed by atoms with Crippen molar-refractivity contribution in [1.29, 1.82) is 0 Å². The average Bonchev–Trinajstić information content (AvgIpc) is 2.86. The van der Waals surface area contributed by atoms with Gasteiger partial charge < -0.3 is 14.3 Å². The maximum absolute atomic E-state index is 13.9. The first-order chi connectivity index (χ1) is 13.0. The Balaban J connectivity index is 1.57. The van der Waals surface area contributed by atoms with E-state index < -0.39 is 5.82 Å². The van der Waals surface area contributed by atoms with Gasteiger partial charge in [0.2, 0.25) is 5.91 Å². The molecule has 0 saturated carbocycles. The van der Waals surface area contributed by atoms with Crippen LogP contribution in [0.1, 0.15) is 40.2 Å². The molecule has 0 atom stereocenters. The molecule has 1 aromatic carbocycles. The molecule has 7 heteroatoms. The van der Waals surface area contributed by atoms with E-state index in [-0.39, 0.29) is 17.4 Å². The fraction of sp³-hybridized carbons (Fsp3) is 0.450. The minimum atomic E-state index is -0.515. The largest absolute Gasteiger partial charge is 0.361 e. The monoisotopic (exact) mass is 373 g/mol. The van der Waals surface area contributed by atoms with Crippen LogP contribution in [-0.2, 0) is 11.2 Å². The van der Waals surface area contributed by atoms with E-state index >= 15 is 0 Å². The molecule has 2 heterocycles. The van der Waals surface area contributed by atoms with Crippen molar-refractivity contribution in [3.63, 3.8) is 0 Å². The summed E-state index contributed by atoms with van der Waals surface area (Å²) in [6.07, 6.45) is 1.65. The van der Waals surface area contributed by atoms with Crippen molar-refractivity contribution < 1.29 is 18.5 Å². The first kappa shape index (κ1) is 19.1. The van der Waals surface area contributed by atoms with Crippen molar-refractivity contribution in [1.82, 2.24) is 15.0 Å². The predicted molar refractivity (Wildman–Crippen MR) is 97.8 cm³/mol. The van der Waals surface area contributed by atoms with Crippen LogP contribution in [0.3, 0.4) is 0 Å². The molecule has 27 heavy (non-hydrogen) atoms. The molecule has 2 aromatic rings. The van der Waals surface area contributed by atoms with Crippen LogP contribution in [-0.4, -0.2) is 52.9 Å². The molecule has 144 valence electrons. The molecular weight excluding hydrogens is 349 g/mol. The van der Waals surface area contributed by atoms with Crippen LogP contribution in [0, 0.1) is 19.7 Å². The Kier molecular flexibility index (Phi) is 5.88. The number of benzene rings is 1. The molecule has 0 spiro atoms. The maximum Gasteiger partial charge on any atom is 0.256 e. The number of rotatable bonds is 4. The summed E-state index contributed by atoms with van der Waals surface area (Å²) in [5.41, 5.74) is 1.88. The molecule has 0 aliphatic carbocycles. The Morgan fingerprint density at radius 2 is 1.81 bits per heavy atom. The van der Waals surface area contributed by atoms with Crippen LogP contribution in [0.2, 0.25) is 0 Å². The SMILES string of the molecule is Cc1noc(C)c1CCC(=O)N1CCCN(C(=O)c2ccccc2F)CC1. The Bertz CT molecular complexity index is 814. The van der Waals surface area contributed by atoms with Gasteiger partial charge >= 0.3 is 0 Å². The lowest BCUT2D eigenvalue weighted by Crippen LogP contribution is -2.37. The van der Waals surface area contributed by atoms with Gasteiger partial charge in [-0.25, -0.2) is 4.39 Å². The predicted octanol–water partition coefficient (Wildman–Crippen LogP) is 2.74. The first-order valence-electron chi connectivity index (χ1n) is 9.20. The first-order valence-corrected chi connectivity index (χ1v) is 9.20. The second-order valence-corrected chi connectivity index (χ2v) is 6.81. The summed E-state index contributed by atoms with van der Waals surface area (Å²) < 4.78 is 19.0. The quantitative estimate of drug-likeness (QED) is 0.827. The van der Waals surface area contributed by atoms with Crippen molar-refractivity contribution in [3.8, 4) is 0 Å². The van der Waals surface area contributed by atoms with Gasteiger partial charge in [0.25, 0.3) is 5.91 Å². The lowest BCUT2D eigenvalue weighted by Gasteiger charge is -2.22. The highest BCUT2D eigenvalue weighted by Gasteiger charge is 2.24. The summed E-state index contributed by atoms with van der Waals surface area (Å²) in [6.45, 7) is 5.69. The number of aryl methyl sites for hydroxylation is 2. The number of aromatic nitrogens is 1. The average molecular weight is 373 g/mol. The summed E-state index contributed by atoms with van der Waals surface area (Å²) >= 11 is 0. The second kappa shape index (κ2) is 8.33. The van der Waals surface area contributed by atoms with E-state index in [0.717, 1.165) is 17.0 Å². The number of amides is 2. The molecular formula is C20H24FN3O3. The third kappa shape index (κ3) is 4.35.